The molecule has 4 rings (SSSR count). The van der Waals surface area contributed by atoms with Crippen molar-refractivity contribution in [3.05, 3.63) is 64.8 Å². The molecule has 1 aliphatic carbocycles. The van der Waals surface area contributed by atoms with E-state index in [1.807, 2.05) is 0 Å². The molecule has 1 heterocycles. The lowest BCUT2D eigenvalue weighted by Gasteiger charge is -2.23. The standard InChI is InChI=1S/C23H24N2O7/c1-12-5-7-14(31-3)9-17(12)20(26)25-21(22(27,28)23(21,29)30)18-10-15(32-4)11-19-16(18)8-6-13(2)24-19/h5-11,27-30H,1-4H3,(H,25,26). The highest BCUT2D eigenvalue weighted by molar-refractivity contribution is 5.98. The summed E-state index contributed by atoms with van der Waals surface area (Å²) in [7, 11) is 2.86. The van der Waals surface area contributed by atoms with E-state index in [0.717, 1.165) is 0 Å². The second-order valence-corrected chi connectivity index (χ2v) is 7.92. The minimum Gasteiger partial charge on any atom is -0.497 e. The van der Waals surface area contributed by atoms with Gasteiger partial charge in [0.05, 0.1) is 19.7 Å². The van der Waals surface area contributed by atoms with Crippen molar-refractivity contribution in [3.8, 4) is 11.5 Å². The van der Waals surface area contributed by atoms with Crippen LogP contribution in [0.25, 0.3) is 10.9 Å². The number of hydrogen-bond acceptors (Lipinski definition) is 8. The molecule has 3 aromatic rings. The summed E-state index contributed by atoms with van der Waals surface area (Å²) in [5, 5.41) is 45.3. The molecule has 0 spiro atoms. The first-order valence-corrected chi connectivity index (χ1v) is 9.82. The molecule has 168 valence electrons. The molecule has 0 radical (unpaired) electrons. The molecular formula is C23H24N2O7. The van der Waals surface area contributed by atoms with Crippen LogP contribution in [0.4, 0.5) is 0 Å². The highest BCUT2D eigenvalue weighted by Crippen LogP contribution is 2.62. The smallest absolute Gasteiger partial charge is 0.255 e. The van der Waals surface area contributed by atoms with E-state index in [9.17, 15) is 25.2 Å². The fourth-order valence-electron chi connectivity index (χ4n) is 4.06. The van der Waals surface area contributed by atoms with Crippen LogP contribution in [0.15, 0.2) is 42.5 Å². The molecular weight excluding hydrogens is 416 g/mol. The average molecular weight is 440 g/mol. The Balaban J connectivity index is 1.92. The Morgan fingerprint density at radius 1 is 0.906 bits per heavy atom. The number of methoxy groups -OCH3 is 2. The van der Waals surface area contributed by atoms with Crippen LogP contribution in [-0.2, 0) is 5.54 Å². The number of fused-ring (bicyclic) bond motifs is 1. The van der Waals surface area contributed by atoms with Crippen molar-refractivity contribution in [1.82, 2.24) is 10.3 Å². The largest absolute Gasteiger partial charge is 0.497 e. The zero-order chi connectivity index (χ0) is 23.5. The predicted octanol–water partition coefficient (Wildman–Crippen LogP) is 0.870. The maximum atomic E-state index is 13.2. The number of amides is 1. The number of carbonyl (C=O) groups excluding carboxylic acids is 1. The highest BCUT2D eigenvalue weighted by Gasteiger charge is 2.91. The molecule has 1 fully saturated rings. The molecule has 1 aliphatic rings. The van der Waals surface area contributed by atoms with Crippen molar-refractivity contribution in [1.29, 1.82) is 0 Å². The van der Waals surface area contributed by atoms with Gasteiger partial charge in [0.25, 0.3) is 17.5 Å². The number of hydrogen-bond donors (Lipinski definition) is 5. The van der Waals surface area contributed by atoms with Crippen LogP contribution in [0, 0.1) is 13.8 Å². The Hall–Kier alpha value is -3.24. The van der Waals surface area contributed by atoms with Crippen LogP contribution in [0.1, 0.15) is 27.2 Å². The van der Waals surface area contributed by atoms with Gasteiger partial charge >= 0.3 is 0 Å². The first kappa shape index (κ1) is 22.0. The number of aryl methyl sites for hydroxylation is 2. The van der Waals surface area contributed by atoms with E-state index in [-0.39, 0.29) is 16.9 Å². The summed E-state index contributed by atoms with van der Waals surface area (Å²) in [5.41, 5.74) is -0.488. The quantitative estimate of drug-likeness (QED) is 0.368. The Morgan fingerprint density at radius 3 is 2.16 bits per heavy atom. The van der Waals surface area contributed by atoms with Gasteiger partial charge in [0, 0.05) is 28.3 Å². The third kappa shape index (κ3) is 2.86. The molecule has 1 aromatic heterocycles. The number of aliphatic hydroxyl groups is 4. The van der Waals surface area contributed by atoms with Gasteiger partial charge in [-0.15, -0.1) is 0 Å². The van der Waals surface area contributed by atoms with Crippen LogP contribution in [0.2, 0.25) is 0 Å². The number of benzene rings is 2. The van der Waals surface area contributed by atoms with E-state index in [4.69, 9.17) is 9.47 Å². The van der Waals surface area contributed by atoms with Crippen LogP contribution >= 0.6 is 0 Å². The molecule has 1 saturated carbocycles. The SMILES string of the molecule is COc1ccc(C)c(C(=O)NC2(c3cc(OC)cc4nc(C)ccc34)C(O)(O)C2(O)O)c1. The summed E-state index contributed by atoms with van der Waals surface area (Å²) in [5.74, 6) is -6.24. The molecule has 1 amide bonds. The summed E-state index contributed by atoms with van der Waals surface area (Å²) in [6.07, 6.45) is 0. The van der Waals surface area contributed by atoms with Crippen molar-refractivity contribution < 1.29 is 34.7 Å². The van der Waals surface area contributed by atoms with Crippen molar-refractivity contribution in [2.45, 2.75) is 31.0 Å². The molecule has 0 aliphatic heterocycles. The highest BCUT2D eigenvalue weighted by atomic mass is 16.6. The van der Waals surface area contributed by atoms with Gasteiger partial charge in [0.2, 0.25) is 0 Å². The lowest BCUT2D eigenvalue weighted by molar-refractivity contribution is -0.207. The Labute approximate surface area is 183 Å². The average Bonchev–Trinajstić information content (AvgIpc) is 3.10. The number of rotatable bonds is 5. The lowest BCUT2D eigenvalue weighted by Crippen LogP contribution is -2.44. The van der Waals surface area contributed by atoms with Crippen molar-refractivity contribution >= 4 is 16.8 Å². The predicted molar refractivity (Wildman–Crippen MR) is 114 cm³/mol. The fraction of sp³-hybridized carbons (Fsp3) is 0.304. The summed E-state index contributed by atoms with van der Waals surface area (Å²) >= 11 is 0. The van der Waals surface area contributed by atoms with Gasteiger partial charge in [-0.25, -0.2) is 0 Å². The van der Waals surface area contributed by atoms with Gasteiger partial charge in [0.15, 0.2) is 5.54 Å². The molecule has 0 atom stereocenters. The third-order valence-corrected chi connectivity index (χ3v) is 6.02. The van der Waals surface area contributed by atoms with Crippen molar-refractivity contribution in [3.63, 3.8) is 0 Å². The maximum absolute atomic E-state index is 13.2. The van der Waals surface area contributed by atoms with E-state index in [2.05, 4.69) is 10.3 Å². The monoisotopic (exact) mass is 440 g/mol. The normalized spacial score (nSPS) is 17.6. The summed E-state index contributed by atoms with van der Waals surface area (Å²) in [4.78, 5) is 17.6. The minimum atomic E-state index is -3.09. The van der Waals surface area contributed by atoms with E-state index < -0.39 is 23.0 Å². The molecule has 0 saturated heterocycles. The van der Waals surface area contributed by atoms with Gasteiger partial charge < -0.3 is 35.2 Å². The van der Waals surface area contributed by atoms with Crippen molar-refractivity contribution in [2.75, 3.05) is 14.2 Å². The zero-order valence-corrected chi connectivity index (χ0v) is 18.0. The number of nitrogens with zero attached hydrogens (tertiary/aromatic N) is 1. The van der Waals surface area contributed by atoms with Crippen LogP contribution < -0.4 is 14.8 Å². The van der Waals surface area contributed by atoms with E-state index >= 15 is 0 Å². The molecule has 5 N–H and O–H groups in total. The Bertz CT molecular complexity index is 1220. The van der Waals surface area contributed by atoms with Crippen LogP contribution in [-0.4, -0.2) is 57.1 Å². The van der Waals surface area contributed by atoms with Crippen LogP contribution in [0.3, 0.4) is 0 Å². The molecule has 9 heteroatoms. The molecule has 9 nitrogen and oxygen atoms in total. The lowest BCUT2D eigenvalue weighted by atomic mass is 9.95. The topological polar surface area (TPSA) is 141 Å². The fourth-order valence-corrected chi connectivity index (χ4v) is 4.06. The Morgan fingerprint density at radius 2 is 1.56 bits per heavy atom. The second-order valence-electron chi connectivity index (χ2n) is 7.92. The molecule has 32 heavy (non-hydrogen) atoms. The van der Waals surface area contributed by atoms with E-state index in [1.165, 1.54) is 26.4 Å². The molecule has 2 aromatic carbocycles. The van der Waals surface area contributed by atoms with Crippen LogP contribution in [0.5, 0.6) is 11.5 Å². The number of nitrogens with one attached hydrogen (secondary N) is 1. The first-order valence-electron chi connectivity index (χ1n) is 9.82. The third-order valence-electron chi connectivity index (χ3n) is 6.02. The number of aromatic nitrogens is 1. The summed E-state index contributed by atoms with van der Waals surface area (Å²) in [6.45, 7) is 3.47. The van der Waals surface area contributed by atoms with Gasteiger partial charge in [-0.2, -0.15) is 0 Å². The number of carbonyl (C=O) groups is 1. The molecule has 0 unspecified atom stereocenters. The second kappa shape index (κ2) is 7.14. The summed E-state index contributed by atoms with van der Waals surface area (Å²) < 4.78 is 10.5. The van der Waals surface area contributed by atoms with E-state index in [0.29, 0.717) is 27.9 Å². The van der Waals surface area contributed by atoms with Crippen molar-refractivity contribution in [2.24, 2.45) is 0 Å². The number of ether oxygens (including phenoxy) is 2. The summed E-state index contributed by atoms with van der Waals surface area (Å²) in [6, 6.07) is 11.2. The van der Waals surface area contributed by atoms with Gasteiger partial charge in [-0.3, -0.25) is 9.78 Å². The first-order chi connectivity index (χ1) is 15.0. The van der Waals surface area contributed by atoms with E-state index in [1.54, 1.807) is 44.2 Å². The number of pyridine rings is 1. The van der Waals surface area contributed by atoms with Gasteiger partial charge in [0.1, 0.15) is 11.5 Å². The minimum absolute atomic E-state index is 0.0308. The van der Waals surface area contributed by atoms with Gasteiger partial charge in [-0.05, 0) is 43.7 Å². The maximum Gasteiger partial charge on any atom is 0.255 e. The van der Waals surface area contributed by atoms with Gasteiger partial charge in [-0.1, -0.05) is 12.1 Å². The zero-order valence-electron chi connectivity index (χ0n) is 18.0. The molecule has 0 bridgehead atoms. The Kier molecular flexibility index (Phi) is 4.90.